The maximum atomic E-state index is 12.7. The fourth-order valence-corrected chi connectivity index (χ4v) is 4.03. The molecule has 1 aliphatic heterocycles. The van der Waals surface area contributed by atoms with Gasteiger partial charge >= 0.3 is 16.2 Å². The summed E-state index contributed by atoms with van der Waals surface area (Å²) in [6.07, 6.45) is 1.19. The topological polar surface area (TPSA) is 85.8 Å². The number of hydrogen-bond donors (Lipinski definition) is 0. The number of para-hydroxylation sites is 1. The van der Waals surface area contributed by atoms with Crippen LogP contribution in [0.15, 0.2) is 59.6 Å². The van der Waals surface area contributed by atoms with Crippen LogP contribution in [0.4, 0.5) is 10.5 Å². The molecule has 0 N–H and O–H groups in total. The Morgan fingerprint density at radius 2 is 1.93 bits per heavy atom. The molecule has 0 aliphatic carbocycles. The van der Waals surface area contributed by atoms with Gasteiger partial charge in [0.15, 0.2) is 0 Å². The van der Waals surface area contributed by atoms with Crippen LogP contribution >= 0.6 is 0 Å². The number of benzene rings is 2. The van der Waals surface area contributed by atoms with Crippen molar-refractivity contribution in [2.75, 3.05) is 18.1 Å². The van der Waals surface area contributed by atoms with Crippen LogP contribution in [0.25, 0.3) is 10.9 Å². The van der Waals surface area contributed by atoms with Gasteiger partial charge in [-0.2, -0.15) is 8.42 Å². The van der Waals surface area contributed by atoms with Crippen LogP contribution in [0.3, 0.4) is 0 Å². The molecule has 7 nitrogen and oxygen atoms in total. The molecule has 2 aromatic carbocycles. The number of anilines is 1. The molecule has 0 saturated carbocycles. The highest BCUT2D eigenvalue weighted by Crippen LogP contribution is 2.27. The molecule has 138 valence electrons. The Kier molecular flexibility index (Phi) is 4.19. The molecule has 0 spiro atoms. The lowest BCUT2D eigenvalue weighted by Gasteiger charge is -2.13. The largest absolute Gasteiger partial charge is 0.447 e. The van der Waals surface area contributed by atoms with Gasteiger partial charge in [-0.15, -0.1) is 0 Å². The molecule has 2 heterocycles. The van der Waals surface area contributed by atoms with E-state index in [1.54, 1.807) is 30.5 Å². The molecule has 0 atom stereocenters. The Labute approximate surface area is 156 Å². The zero-order chi connectivity index (χ0) is 19.0. The number of fused-ring (bicyclic) bond motifs is 1. The number of cyclic esters (lactones) is 1. The second-order valence-electron chi connectivity index (χ2n) is 6.14. The van der Waals surface area contributed by atoms with E-state index in [0.29, 0.717) is 24.4 Å². The summed E-state index contributed by atoms with van der Waals surface area (Å²) >= 11 is 0. The number of aromatic nitrogens is 1. The molecule has 1 aliphatic rings. The summed E-state index contributed by atoms with van der Waals surface area (Å²) in [6.45, 7) is 2.68. The van der Waals surface area contributed by atoms with Crippen LogP contribution in [-0.2, 0) is 14.9 Å². The van der Waals surface area contributed by atoms with E-state index in [2.05, 4.69) is 4.98 Å². The molecule has 1 saturated heterocycles. The van der Waals surface area contributed by atoms with Gasteiger partial charge in [0.2, 0.25) is 0 Å². The number of pyridine rings is 1. The van der Waals surface area contributed by atoms with Crippen LogP contribution in [0, 0.1) is 6.92 Å². The third-order valence-electron chi connectivity index (χ3n) is 4.20. The molecule has 1 aromatic heterocycles. The zero-order valence-electron chi connectivity index (χ0n) is 14.5. The van der Waals surface area contributed by atoms with Crippen LogP contribution in [0.2, 0.25) is 0 Å². The number of hydrogen-bond acceptors (Lipinski definition) is 6. The van der Waals surface area contributed by atoms with Gasteiger partial charge in [0, 0.05) is 17.3 Å². The molecule has 1 amide bonds. The molecule has 0 radical (unpaired) electrons. The van der Waals surface area contributed by atoms with Gasteiger partial charge < -0.3 is 8.92 Å². The van der Waals surface area contributed by atoms with Crippen molar-refractivity contribution in [3.05, 3.63) is 60.3 Å². The zero-order valence-corrected chi connectivity index (χ0v) is 15.3. The van der Waals surface area contributed by atoms with Crippen molar-refractivity contribution in [3.8, 4) is 5.75 Å². The van der Waals surface area contributed by atoms with Crippen molar-refractivity contribution < 1.29 is 22.1 Å². The highest BCUT2D eigenvalue weighted by atomic mass is 32.2. The fraction of sp³-hybridized carbons (Fsp3) is 0.158. The van der Waals surface area contributed by atoms with Crippen LogP contribution in [-0.4, -0.2) is 32.6 Å². The Morgan fingerprint density at radius 3 is 2.63 bits per heavy atom. The summed E-state index contributed by atoms with van der Waals surface area (Å²) in [7, 11) is -4.06. The van der Waals surface area contributed by atoms with Crippen LogP contribution in [0.5, 0.6) is 5.75 Å². The number of amides is 1. The molecule has 0 bridgehead atoms. The molecule has 27 heavy (non-hydrogen) atoms. The lowest BCUT2D eigenvalue weighted by Crippen LogP contribution is -2.23. The summed E-state index contributed by atoms with van der Waals surface area (Å²) in [5.74, 6) is 0.149. The number of carbonyl (C=O) groups is 1. The molecule has 4 rings (SSSR count). The van der Waals surface area contributed by atoms with Crippen LogP contribution < -0.4 is 9.08 Å². The number of nitrogens with zero attached hydrogens (tertiary/aromatic N) is 2. The predicted molar refractivity (Wildman–Crippen MR) is 99.4 cm³/mol. The van der Waals surface area contributed by atoms with Gasteiger partial charge in [-0.25, -0.2) is 4.79 Å². The van der Waals surface area contributed by atoms with Crippen molar-refractivity contribution in [1.29, 1.82) is 0 Å². The first-order valence-electron chi connectivity index (χ1n) is 8.28. The highest BCUT2D eigenvalue weighted by molar-refractivity contribution is 7.87. The third-order valence-corrected chi connectivity index (χ3v) is 5.48. The standard InChI is InChI=1S/C19H16N2O5S/c1-13-11-14-3-2-4-17(18(14)20-12-13)27(23,24)26-16-7-5-15(6-8-16)21-9-10-25-19(21)22/h2-8,11-12H,9-10H2,1H3. The van der Waals surface area contributed by atoms with E-state index in [-0.39, 0.29) is 10.6 Å². The van der Waals surface area contributed by atoms with Gasteiger partial charge in [0.25, 0.3) is 0 Å². The average molecular weight is 384 g/mol. The van der Waals surface area contributed by atoms with Gasteiger partial charge in [-0.05, 0) is 48.9 Å². The number of carbonyl (C=O) groups excluding carboxylic acids is 1. The van der Waals surface area contributed by atoms with Gasteiger partial charge in [0.05, 0.1) is 12.1 Å². The lowest BCUT2D eigenvalue weighted by atomic mass is 10.2. The van der Waals surface area contributed by atoms with E-state index in [4.69, 9.17) is 8.92 Å². The SMILES string of the molecule is Cc1cnc2c(S(=O)(=O)Oc3ccc(N4CCOC4=O)cc3)cccc2c1. The summed E-state index contributed by atoms with van der Waals surface area (Å²) < 4.78 is 35.7. The second kappa shape index (κ2) is 6.55. The van der Waals surface area contributed by atoms with E-state index in [9.17, 15) is 13.2 Å². The quantitative estimate of drug-likeness (QED) is 0.642. The maximum absolute atomic E-state index is 12.7. The normalized spacial score (nSPS) is 14.4. The second-order valence-corrected chi connectivity index (χ2v) is 7.65. The smallest absolute Gasteiger partial charge is 0.414 e. The van der Waals surface area contributed by atoms with E-state index in [1.165, 1.54) is 23.1 Å². The van der Waals surface area contributed by atoms with Crippen molar-refractivity contribution in [1.82, 2.24) is 4.98 Å². The molecule has 8 heteroatoms. The highest BCUT2D eigenvalue weighted by Gasteiger charge is 2.24. The van der Waals surface area contributed by atoms with Crippen LogP contribution in [0.1, 0.15) is 5.56 Å². The summed E-state index contributed by atoms with van der Waals surface area (Å²) in [5.41, 5.74) is 1.91. The minimum Gasteiger partial charge on any atom is -0.447 e. The molecular formula is C19H16N2O5S. The van der Waals surface area contributed by atoms with Crippen molar-refractivity contribution in [2.45, 2.75) is 11.8 Å². The molecule has 1 fully saturated rings. The van der Waals surface area contributed by atoms with E-state index < -0.39 is 16.2 Å². The van der Waals surface area contributed by atoms with Crippen molar-refractivity contribution in [2.24, 2.45) is 0 Å². The maximum Gasteiger partial charge on any atom is 0.414 e. The first-order chi connectivity index (χ1) is 12.9. The van der Waals surface area contributed by atoms with Gasteiger partial charge in [0.1, 0.15) is 17.3 Å². The van der Waals surface area contributed by atoms with E-state index in [1.807, 2.05) is 13.0 Å². The van der Waals surface area contributed by atoms with Gasteiger partial charge in [-0.1, -0.05) is 12.1 Å². The lowest BCUT2D eigenvalue weighted by molar-refractivity contribution is 0.181. The Balaban J connectivity index is 1.63. The fourth-order valence-electron chi connectivity index (χ4n) is 2.93. The van der Waals surface area contributed by atoms with Crippen molar-refractivity contribution >= 4 is 32.8 Å². The van der Waals surface area contributed by atoms with Crippen molar-refractivity contribution in [3.63, 3.8) is 0 Å². The first kappa shape index (κ1) is 17.3. The van der Waals surface area contributed by atoms with Gasteiger partial charge in [-0.3, -0.25) is 9.88 Å². The number of aryl methyl sites for hydroxylation is 1. The summed E-state index contributed by atoms with van der Waals surface area (Å²) in [6, 6.07) is 13.0. The summed E-state index contributed by atoms with van der Waals surface area (Å²) in [4.78, 5) is 17.3. The number of rotatable bonds is 4. The summed E-state index contributed by atoms with van der Waals surface area (Å²) in [5, 5.41) is 0.725. The Morgan fingerprint density at radius 1 is 1.15 bits per heavy atom. The minimum absolute atomic E-state index is 0.00666. The minimum atomic E-state index is -4.06. The van der Waals surface area contributed by atoms with E-state index >= 15 is 0 Å². The molecule has 3 aromatic rings. The third kappa shape index (κ3) is 3.31. The monoisotopic (exact) mass is 384 g/mol. The first-order valence-corrected chi connectivity index (χ1v) is 9.69. The average Bonchev–Trinajstić information content (AvgIpc) is 3.07. The predicted octanol–water partition coefficient (Wildman–Crippen LogP) is 3.27. The molecule has 0 unspecified atom stereocenters. The number of ether oxygens (including phenoxy) is 1. The van der Waals surface area contributed by atoms with E-state index in [0.717, 1.165) is 10.9 Å². The Bertz CT molecular complexity index is 1130. The Hall–Kier alpha value is -3.13. The molecular weight excluding hydrogens is 368 g/mol.